The lowest BCUT2D eigenvalue weighted by Gasteiger charge is -2.07. The summed E-state index contributed by atoms with van der Waals surface area (Å²) in [6, 6.07) is 29.4. The van der Waals surface area contributed by atoms with E-state index in [4.69, 9.17) is 0 Å². The molecule has 0 saturated carbocycles. The molecule has 0 bridgehead atoms. The van der Waals surface area contributed by atoms with Crippen molar-refractivity contribution in [1.82, 2.24) is 0 Å². The molecule has 28 heavy (non-hydrogen) atoms. The predicted molar refractivity (Wildman–Crippen MR) is 117 cm³/mol. The second kappa shape index (κ2) is 7.45. The van der Waals surface area contributed by atoms with E-state index in [0.717, 1.165) is 16.7 Å². The van der Waals surface area contributed by atoms with Crippen LogP contribution in [0.2, 0.25) is 0 Å². The summed E-state index contributed by atoms with van der Waals surface area (Å²) >= 11 is 0. The van der Waals surface area contributed by atoms with Crippen molar-refractivity contribution >= 4 is 26.7 Å². The number of sulfone groups is 1. The second-order valence-corrected chi connectivity index (χ2v) is 8.64. The van der Waals surface area contributed by atoms with E-state index < -0.39 is 9.84 Å². The van der Waals surface area contributed by atoms with Gasteiger partial charge in [0.05, 0.1) is 4.90 Å². The Kier molecular flexibility index (Phi) is 4.84. The first kappa shape index (κ1) is 18.2. The molecule has 0 aliphatic carbocycles. The average Bonchev–Trinajstić information content (AvgIpc) is 2.73. The van der Waals surface area contributed by atoms with Crippen molar-refractivity contribution in [3.63, 3.8) is 0 Å². The highest BCUT2D eigenvalue weighted by Crippen LogP contribution is 2.29. The summed E-state index contributed by atoms with van der Waals surface area (Å²) in [5, 5.41) is 3.67. The van der Waals surface area contributed by atoms with Crippen LogP contribution in [0.5, 0.6) is 0 Å². The molecule has 0 aliphatic heterocycles. The lowest BCUT2D eigenvalue weighted by molar-refractivity contribution is 0.605. The molecule has 0 N–H and O–H groups in total. The standard InChI is InChI=1S/C25H20O2S/c1-19-9-15-23(16-10-19)28(26,27)18-17-20-11-13-22(14-12-20)25-8-4-6-21-5-2-3-7-24(21)25/h2-18H,1H3/b18-17+. The Morgan fingerprint density at radius 2 is 1.39 bits per heavy atom. The molecule has 0 aromatic heterocycles. The van der Waals surface area contributed by atoms with Crippen molar-refractivity contribution in [3.8, 4) is 11.1 Å². The highest BCUT2D eigenvalue weighted by Gasteiger charge is 2.09. The van der Waals surface area contributed by atoms with Crippen LogP contribution in [0.4, 0.5) is 0 Å². The lowest BCUT2D eigenvalue weighted by atomic mass is 9.97. The zero-order valence-electron chi connectivity index (χ0n) is 15.5. The third-order valence-electron chi connectivity index (χ3n) is 4.80. The minimum atomic E-state index is -3.45. The predicted octanol–water partition coefficient (Wildman–Crippen LogP) is 6.26. The molecule has 138 valence electrons. The van der Waals surface area contributed by atoms with Crippen molar-refractivity contribution in [2.75, 3.05) is 0 Å². The van der Waals surface area contributed by atoms with Crippen molar-refractivity contribution in [2.45, 2.75) is 11.8 Å². The van der Waals surface area contributed by atoms with Gasteiger partial charge in [-0.15, -0.1) is 0 Å². The zero-order valence-corrected chi connectivity index (χ0v) is 16.4. The number of rotatable bonds is 4. The van der Waals surface area contributed by atoms with E-state index in [1.807, 2.05) is 43.3 Å². The van der Waals surface area contributed by atoms with Crippen molar-refractivity contribution in [3.05, 3.63) is 108 Å². The van der Waals surface area contributed by atoms with Crippen LogP contribution in [-0.2, 0) is 9.84 Å². The topological polar surface area (TPSA) is 34.1 Å². The summed E-state index contributed by atoms with van der Waals surface area (Å²) in [7, 11) is -3.45. The monoisotopic (exact) mass is 384 g/mol. The lowest BCUT2D eigenvalue weighted by Crippen LogP contribution is -1.95. The van der Waals surface area contributed by atoms with Gasteiger partial charge in [-0.1, -0.05) is 84.4 Å². The fourth-order valence-corrected chi connectivity index (χ4v) is 4.23. The van der Waals surface area contributed by atoms with E-state index in [0.29, 0.717) is 4.90 Å². The number of aryl methyl sites for hydroxylation is 1. The van der Waals surface area contributed by atoms with E-state index in [2.05, 4.69) is 30.3 Å². The highest BCUT2D eigenvalue weighted by molar-refractivity contribution is 7.94. The Balaban J connectivity index is 1.61. The maximum absolute atomic E-state index is 12.5. The summed E-state index contributed by atoms with van der Waals surface area (Å²) in [6.07, 6.45) is 1.64. The maximum atomic E-state index is 12.5. The van der Waals surface area contributed by atoms with Gasteiger partial charge in [-0.2, -0.15) is 0 Å². The SMILES string of the molecule is Cc1ccc(S(=O)(=O)/C=C/c2ccc(-c3cccc4ccccc34)cc2)cc1. The van der Waals surface area contributed by atoms with Gasteiger partial charge >= 0.3 is 0 Å². The van der Waals surface area contributed by atoms with Gasteiger partial charge in [-0.3, -0.25) is 0 Å². The van der Waals surface area contributed by atoms with Gasteiger partial charge in [0.25, 0.3) is 0 Å². The average molecular weight is 385 g/mol. The first-order chi connectivity index (χ1) is 13.5. The summed E-state index contributed by atoms with van der Waals surface area (Å²) in [4.78, 5) is 0.307. The number of hydrogen-bond acceptors (Lipinski definition) is 2. The van der Waals surface area contributed by atoms with Crippen molar-refractivity contribution in [1.29, 1.82) is 0 Å². The molecule has 0 radical (unpaired) electrons. The van der Waals surface area contributed by atoms with E-state index >= 15 is 0 Å². The Morgan fingerprint density at radius 1 is 0.714 bits per heavy atom. The number of hydrogen-bond donors (Lipinski definition) is 0. The molecule has 3 heteroatoms. The fraction of sp³-hybridized carbons (Fsp3) is 0.0400. The first-order valence-electron chi connectivity index (χ1n) is 9.11. The minimum absolute atomic E-state index is 0.307. The van der Waals surface area contributed by atoms with E-state index in [1.165, 1.54) is 21.7 Å². The van der Waals surface area contributed by atoms with E-state index in [1.54, 1.807) is 30.3 Å². The quantitative estimate of drug-likeness (QED) is 0.416. The largest absolute Gasteiger partial charge is 0.219 e. The summed E-state index contributed by atoms with van der Waals surface area (Å²) in [5.41, 5.74) is 4.16. The molecule has 4 aromatic rings. The molecule has 4 aromatic carbocycles. The summed E-state index contributed by atoms with van der Waals surface area (Å²) < 4.78 is 24.9. The Bertz CT molecular complexity index is 1240. The Hall–Kier alpha value is -3.17. The van der Waals surface area contributed by atoms with Gasteiger partial charge in [0.15, 0.2) is 9.84 Å². The normalized spacial score (nSPS) is 11.9. The van der Waals surface area contributed by atoms with E-state index in [-0.39, 0.29) is 0 Å². The van der Waals surface area contributed by atoms with Gasteiger partial charge in [0.1, 0.15) is 0 Å². The molecular weight excluding hydrogens is 364 g/mol. The molecule has 0 atom stereocenters. The van der Waals surface area contributed by atoms with Gasteiger partial charge in [0, 0.05) is 5.41 Å². The first-order valence-corrected chi connectivity index (χ1v) is 10.7. The van der Waals surface area contributed by atoms with Crippen LogP contribution in [0.3, 0.4) is 0 Å². The smallest absolute Gasteiger partial charge is 0.199 e. The third kappa shape index (κ3) is 3.75. The van der Waals surface area contributed by atoms with Crippen LogP contribution in [0, 0.1) is 6.92 Å². The fourth-order valence-electron chi connectivity index (χ4n) is 3.23. The molecule has 0 saturated heterocycles. The molecule has 0 fully saturated rings. The van der Waals surface area contributed by atoms with Gasteiger partial charge in [-0.05, 0) is 52.6 Å². The van der Waals surface area contributed by atoms with Crippen LogP contribution < -0.4 is 0 Å². The molecule has 0 amide bonds. The molecule has 0 unspecified atom stereocenters. The summed E-state index contributed by atoms with van der Waals surface area (Å²) in [6.45, 7) is 1.93. The maximum Gasteiger partial charge on any atom is 0.199 e. The van der Waals surface area contributed by atoms with Crippen molar-refractivity contribution in [2.24, 2.45) is 0 Å². The molecule has 0 spiro atoms. The van der Waals surface area contributed by atoms with Crippen LogP contribution in [0.15, 0.2) is 101 Å². The molecule has 4 rings (SSSR count). The van der Waals surface area contributed by atoms with Crippen LogP contribution >= 0.6 is 0 Å². The third-order valence-corrected chi connectivity index (χ3v) is 6.22. The number of fused-ring (bicyclic) bond motifs is 1. The van der Waals surface area contributed by atoms with Crippen LogP contribution in [0.1, 0.15) is 11.1 Å². The molecule has 2 nitrogen and oxygen atoms in total. The van der Waals surface area contributed by atoms with Crippen LogP contribution in [-0.4, -0.2) is 8.42 Å². The Morgan fingerprint density at radius 3 is 2.14 bits per heavy atom. The minimum Gasteiger partial charge on any atom is -0.219 e. The van der Waals surface area contributed by atoms with Crippen LogP contribution in [0.25, 0.3) is 28.0 Å². The zero-order chi connectivity index (χ0) is 19.6. The summed E-state index contributed by atoms with van der Waals surface area (Å²) in [5.74, 6) is 0. The highest BCUT2D eigenvalue weighted by atomic mass is 32.2. The Labute approximate surface area is 165 Å². The molecular formula is C25H20O2S. The van der Waals surface area contributed by atoms with Gasteiger partial charge in [-0.25, -0.2) is 8.42 Å². The second-order valence-electron chi connectivity index (χ2n) is 6.81. The van der Waals surface area contributed by atoms with Gasteiger partial charge < -0.3 is 0 Å². The van der Waals surface area contributed by atoms with Crippen molar-refractivity contribution < 1.29 is 8.42 Å². The molecule has 0 aliphatic rings. The van der Waals surface area contributed by atoms with E-state index in [9.17, 15) is 8.42 Å². The van der Waals surface area contributed by atoms with Gasteiger partial charge in [0.2, 0.25) is 0 Å². The number of benzene rings is 4. The molecule has 0 heterocycles.